The molecule has 2 aliphatic rings. The number of nitrogens with zero attached hydrogens (tertiary/aromatic N) is 1. The van der Waals surface area contributed by atoms with Crippen molar-refractivity contribution in [3.8, 4) is 0 Å². The van der Waals surface area contributed by atoms with Crippen LogP contribution < -0.4 is 5.90 Å². The van der Waals surface area contributed by atoms with Gasteiger partial charge >= 0.3 is 0 Å². The van der Waals surface area contributed by atoms with E-state index in [4.69, 9.17) is 10.6 Å². The Hall–Kier alpha value is -0.650. The van der Waals surface area contributed by atoms with E-state index in [2.05, 4.69) is 4.84 Å². The molecule has 0 bridgehead atoms. The molecule has 2 saturated heterocycles. The van der Waals surface area contributed by atoms with E-state index >= 15 is 0 Å². The van der Waals surface area contributed by atoms with Gasteiger partial charge in [-0.2, -0.15) is 0 Å². The fourth-order valence-corrected chi connectivity index (χ4v) is 2.43. The van der Waals surface area contributed by atoms with Crippen LogP contribution in [-0.4, -0.2) is 43.2 Å². The van der Waals surface area contributed by atoms with Crippen molar-refractivity contribution in [2.45, 2.75) is 31.8 Å². The van der Waals surface area contributed by atoms with E-state index in [0.29, 0.717) is 12.5 Å². The van der Waals surface area contributed by atoms with Crippen LogP contribution in [0, 0.1) is 5.92 Å². The van der Waals surface area contributed by atoms with Gasteiger partial charge in [0.25, 0.3) is 5.91 Å². The van der Waals surface area contributed by atoms with Crippen molar-refractivity contribution in [3.05, 3.63) is 0 Å². The molecule has 5 nitrogen and oxygen atoms in total. The molecule has 1 amide bonds. The van der Waals surface area contributed by atoms with Crippen LogP contribution in [0.15, 0.2) is 0 Å². The van der Waals surface area contributed by atoms with Gasteiger partial charge in [0.15, 0.2) is 0 Å². The Kier molecular flexibility index (Phi) is 4.15. The van der Waals surface area contributed by atoms with Gasteiger partial charge in [-0.25, -0.2) is 5.90 Å². The fourth-order valence-electron chi connectivity index (χ4n) is 2.43. The van der Waals surface area contributed by atoms with Crippen molar-refractivity contribution in [1.29, 1.82) is 0 Å². The first-order valence-electron chi connectivity index (χ1n) is 6.03. The average Bonchev–Trinajstić information content (AvgIpc) is 2.83. The summed E-state index contributed by atoms with van der Waals surface area (Å²) in [4.78, 5) is 18.6. The molecule has 2 aliphatic heterocycles. The summed E-state index contributed by atoms with van der Waals surface area (Å²) in [6.45, 7) is 2.95. The molecule has 0 saturated carbocycles. The molecule has 2 rings (SSSR count). The molecule has 1 unspecified atom stereocenters. The van der Waals surface area contributed by atoms with Crippen molar-refractivity contribution >= 4 is 5.91 Å². The number of carbonyl (C=O) groups is 1. The molecular formula is C11H20N2O3. The zero-order valence-electron chi connectivity index (χ0n) is 9.56. The molecule has 16 heavy (non-hydrogen) atoms. The maximum Gasteiger partial charge on any atom is 0.251 e. The summed E-state index contributed by atoms with van der Waals surface area (Å²) in [6.07, 6.45) is 3.67. The van der Waals surface area contributed by atoms with Gasteiger partial charge < -0.3 is 14.5 Å². The minimum Gasteiger partial charge on any atom is -0.368 e. The summed E-state index contributed by atoms with van der Waals surface area (Å²) in [7, 11) is 0. The number of hydrogen-bond donors (Lipinski definition) is 1. The minimum atomic E-state index is -0.178. The van der Waals surface area contributed by atoms with Crippen LogP contribution in [0.25, 0.3) is 0 Å². The molecule has 2 heterocycles. The first-order valence-corrected chi connectivity index (χ1v) is 6.03. The lowest BCUT2D eigenvalue weighted by Crippen LogP contribution is -2.44. The molecule has 0 aliphatic carbocycles. The van der Waals surface area contributed by atoms with E-state index in [1.54, 1.807) is 0 Å². The monoisotopic (exact) mass is 228 g/mol. The van der Waals surface area contributed by atoms with Gasteiger partial charge in [-0.1, -0.05) is 0 Å². The second-order valence-electron chi connectivity index (χ2n) is 4.60. The summed E-state index contributed by atoms with van der Waals surface area (Å²) in [5.74, 6) is 5.72. The van der Waals surface area contributed by atoms with Crippen molar-refractivity contribution < 1.29 is 14.4 Å². The number of nitrogens with two attached hydrogens (primary N) is 1. The van der Waals surface area contributed by atoms with E-state index in [9.17, 15) is 4.79 Å². The second kappa shape index (κ2) is 5.61. The zero-order chi connectivity index (χ0) is 11.4. The molecule has 2 N–H and O–H groups in total. The highest BCUT2D eigenvalue weighted by Gasteiger charge is 2.30. The van der Waals surface area contributed by atoms with E-state index in [1.807, 2.05) is 4.90 Å². The number of amides is 1. The first-order chi connectivity index (χ1) is 7.81. The average molecular weight is 228 g/mol. The van der Waals surface area contributed by atoms with E-state index in [1.165, 1.54) is 0 Å². The third-order valence-electron chi connectivity index (χ3n) is 3.46. The topological polar surface area (TPSA) is 64.8 Å². The van der Waals surface area contributed by atoms with Crippen molar-refractivity contribution in [2.24, 2.45) is 11.8 Å². The predicted molar refractivity (Wildman–Crippen MR) is 58.4 cm³/mol. The molecule has 1 atom stereocenters. The second-order valence-corrected chi connectivity index (χ2v) is 4.60. The van der Waals surface area contributed by atoms with Gasteiger partial charge in [0.1, 0.15) is 6.10 Å². The van der Waals surface area contributed by atoms with Gasteiger partial charge in [-0.3, -0.25) is 4.79 Å². The quantitative estimate of drug-likeness (QED) is 0.705. The fraction of sp³-hybridized carbons (Fsp3) is 0.909. The van der Waals surface area contributed by atoms with E-state index in [-0.39, 0.29) is 12.0 Å². The van der Waals surface area contributed by atoms with Crippen LogP contribution in [0.4, 0.5) is 0 Å². The van der Waals surface area contributed by atoms with Crippen LogP contribution in [0.3, 0.4) is 0 Å². The summed E-state index contributed by atoms with van der Waals surface area (Å²) in [6, 6.07) is 0. The lowest BCUT2D eigenvalue weighted by molar-refractivity contribution is -0.142. The number of piperidine rings is 1. The molecule has 5 heteroatoms. The molecule has 2 fully saturated rings. The molecular weight excluding hydrogens is 208 g/mol. The van der Waals surface area contributed by atoms with Crippen LogP contribution in [-0.2, 0) is 14.4 Å². The van der Waals surface area contributed by atoms with Gasteiger partial charge in [-0.15, -0.1) is 0 Å². The summed E-state index contributed by atoms with van der Waals surface area (Å²) < 4.78 is 5.41. The Balaban J connectivity index is 1.77. The Morgan fingerprint density at radius 1 is 1.38 bits per heavy atom. The zero-order valence-corrected chi connectivity index (χ0v) is 9.56. The molecule has 0 radical (unpaired) electrons. The molecule has 0 spiro atoms. The van der Waals surface area contributed by atoms with Gasteiger partial charge in [0.05, 0.1) is 6.61 Å². The van der Waals surface area contributed by atoms with Gasteiger partial charge in [-0.05, 0) is 31.6 Å². The van der Waals surface area contributed by atoms with Crippen LogP contribution in [0.2, 0.25) is 0 Å². The number of likely N-dealkylation sites (tertiary alicyclic amines) is 1. The number of carbonyl (C=O) groups excluding carboxylic acids is 1. The van der Waals surface area contributed by atoms with E-state index < -0.39 is 0 Å². The van der Waals surface area contributed by atoms with Crippen LogP contribution in [0.1, 0.15) is 25.7 Å². The SMILES string of the molecule is NOCC1CCN(C(=O)C2CCCO2)CC1. The third-order valence-corrected chi connectivity index (χ3v) is 3.46. The molecule has 0 aromatic heterocycles. The first kappa shape index (κ1) is 11.8. The third kappa shape index (κ3) is 2.72. The summed E-state index contributed by atoms with van der Waals surface area (Å²) >= 11 is 0. The van der Waals surface area contributed by atoms with E-state index in [0.717, 1.165) is 45.4 Å². The van der Waals surface area contributed by atoms with Crippen LogP contribution in [0.5, 0.6) is 0 Å². The Morgan fingerprint density at radius 3 is 2.69 bits per heavy atom. The maximum absolute atomic E-state index is 12.0. The summed E-state index contributed by atoms with van der Waals surface area (Å²) in [5, 5.41) is 0. The Bertz CT molecular complexity index is 233. The minimum absolute atomic E-state index is 0.171. The largest absolute Gasteiger partial charge is 0.368 e. The Morgan fingerprint density at radius 2 is 2.12 bits per heavy atom. The molecule has 0 aromatic rings. The highest BCUT2D eigenvalue weighted by Crippen LogP contribution is 2.21. The van der Waals surface area contributed by atoms with Gasteiger partial charge in [0.2, 0.25) is 0 Å². The predicted octanol–water partition coefficient (Wildman–Crippen LogP) is 0.294. The molecule has 92 valence electrons. The highest BCUT2D eigenvalue weighted by molar-refractivity contribution is 5.81. The summed E-state index contributed by atoms with van der Waals surface area (Å²) in [5.41, 5.74) is 0. The number of ether oxygens (including phenoxy) is 1. The normalized spacial score (nSPS) is 27.3. The number of rotatable bonds is 3. The smallest absolute Gasteiger partial charge is 0.251 e. The highest BCUT2D eigenvalue weighted by atomic mass is 16.6. The lowest BCUT2D eigenvalue weighted by Gasteiger charge is -2.32. The maximum atomic E-state index is 12.0. The van der Waals surface area contributed by atoms with Crippen molar-refractivity contribution in [2.75, 3.05) is 26.3 Å². The van der Waals surface area contributed by atoms with Crippen molar-refractivity contribution in [1.82, 2.24) is 4.90 Å². The molecule has 0 aromatic carbocycles. The Labute approximate surface area is 95.8 Å². The van der Waals surface area contributed by atoms with Crippen LogP contribution >= 0.6 is 0 Å². The van der Waals surface area contributed by atoms with Gasteiger partial charge in [0, 0.05) is 19.7 Å². The lowest BCUT2D eigenvalue weighted by atomic mass is 9.97. The number of hydrogen-bond acceptors (Lipinski definition) is 4. The van der Waals surface area contributed by atoms with Crippen molar-refractivity contribution in [3.63, 3.8) is 0 Å². The standard InChI is InChI=1S/C11H20N2O3/c12-16-8-9-3-5-13(6-4-9)11(14)10-2-1-7-15-10/h9-10H,1-8,12H2.